The molecule has 2 aromatic rings. The molecule has 0 atom stereocenters. The largest absolute Gasteiger partial charge is 0.492 e. The third-order valence-corrected chi connectivity index (χ3v) is 2.66. The van der Waals surface area contributed by atoms with Crippen molar-refractivity contribution in [2.24, 2.45) is 0 Å². The molecule has 0 radical (unpaired) electrons. The van der Waals surface area contributed by atoms with E-state index >= 15 is 0 Å². The highest BCUT2D eigenvalue weighted by Gasteiger charge is 2.18. The van der Waals surface area contributed by atoms with Crippen molar-refractivity contribution in [2.45, 2.75) is 6.61 Å². The fourth-order valence-electron chi connectivity index (χ4n) is 1.69. The molecule has 0 fully saturated rings. The summed E-state index contributed by atoms with van der Waals surface area (Å²) in [6.45, 7) is 0.305. The van der Waals surface area contributed by atoms with E-state index in [1.165, 1.54) is 12.1 Å². The van der Waals surface area contributed by atoms with Crippen molar-refractivity contribution in [3.05, 3.63) is 59.9 Å². The Kier molecular flexibility index (Phi) is 5.12. The molecule has 6 heteroatoms. The van der Waals surface area contributed by atoms with Crippen LogP contribution in [0.15, 0.2) is 48.5 Å². The first-order valence-electron chi connectivity index (χ1n) is 6.07. The van der Waals surface area contributed by atoms with E-state index in [-0.39, 0.29) is 18.0 Å². The Morgan fingerprint density at radius 1 is 1.05 bits per heavy atom. The molecule has 104 valence electrons. The summed E-state index contributed by atoms with van der Waals surface area (Å²) in [5.41, 5.74) is 0.964. The van der Waals surface area contributed by atoms with Crippen LogP contribution >= 0.6 is 0 Å². The monoisotopic (exact) mass is 276 g/mol. The van der Waals surface area contributed by atoms with Gasteiger partial charge in [0.05, 0.1) is 6.61 Å². The zero-order valence-electron chi connectivity index (χ0n) is 10.7. The zero-order chi connectivity index (χ0) is 14.4. The molecule has 0 amide bonds. The minimum atomic E-state index is -1.80. The SMILES string of the molecule is OB(O)c1cc(F)ccc1OCOCc1ccccc1. The van der Waals surface area contributed by atoms with Crippen molar-refractivity contribution in [3.63, 3.8) is 0 Å². The van der Waals surface area contributed by atoms with Crippen LogP contribution in [0.2, 0.25) is 0 Å². The molecule has 4 nitrogen and oxygen atoms in total. The van der Waals surface area contributed by atoms with E-state index < -0.39 is 12.9 Å². The Labute approximate surface area is 116 Å². The summed E-state index contributed by atoms with van der Waals surface area (Å²) in [6.07, 6.45) is 0. The van der Waals surface area contributed by atoms with E-state index in [2.05, 4.69) is 0 Å². The minimum absolute atomic E-state index is 0.0340. The predicted octanol–water partition coefficient (Wildman–Crippen LogP) is 1.06. The molecule has 2 rings (SSSR count). The van der Waals surface area contributed by atoms with Crippen LogP contribution in [0.4, 0.5) is 4.39 Å². The van der Waals surface area contributed by atoms with Gasteiger partial charge in [0.15, 0.2) is 6.79 Å². The van der Waals surface area contributed by atoms with Gasteiger partial charge in [-0.2, -0.15) is 0 Å². The standard InChI is InChI=1S/C14H14BFO4/c16-12-6-7-14(13(8-12)15(17)18)20-10-19-9-11-4-2-1-3-5-11/h1-8,17-18H,9-10H2. The van der Waals surface area contributed by atoms with Gasteiger partial charge in [0.1, 0.15) is 11.6 Å². The van der Waals surface area contributed by atoms with Gasteiger partial charge in [0, 0.05) is 5.46 Å². The summed E-state index contributed by atoms with van der Waals surface area (Å²) >= 11 is 0. The lowest BCUT2D eigenvalue weighted by molar-refractivity contribution is 0.00547. The highest BCUT2D eigenvalue weighted by Crippen LogP contribution is 2.10. The molecule has 0 bridgehead atoms. The molecule has 0 aliphatic rings. The molecule has 0 aliphatic heterocycles. The summed E-state index contributed by atoms with van der Waals surface area (Å²) < 4.78 is 23.6. The molecule has 0 heterocycles. The number of hydrogen-bond acceptors (Lipinski definition) is 4. The molecule has 20 heavy (non-hydrogen) atoms. The van der Waals surface area contributed by atoms with Gasteiger partial charge in [-0.05, 0) is 23.8 Å². The predicted molar refractivity (Wildman–Crippen MR) is 73.0 cm³/mol. The summed E-state index contributed by atoms with van der Waals surface area (Å²) in [4.78, 5) is 0. The maximum absolute atomic E-state index is 13.0. The minimum Gasteiger partial charge on any atom is -0.468 e. The molecular weight excluding hydrogens is 262 g/mol. The summed E-state index contributed by atoms with van der Waals surface area (Å²) in [5, 5.41) is 18.3. The van der Waals surface area contributed by atoms with Crippen LogP contribution in [0.1, 0.15) is 5.56 Å². The van der Waals surface area contributed by atoms with Gasteiger partial charge in [-0.3, -0.25) is 0 Å². The van der Waals surface area contributed by atoms with E-state index in [1.54, 1.807) is 0 Å². The number of hydrogen-bond donors (Lipinski definition) is 2. The molecule has 0 aliphatic carbocycles. The maximum atomic E-state index is 13.0. The van der Waals surface area contributed by atoms with Gasteiger partial charge < -0.3 is 19.5 Å². The first-order chi connectivity index (χ1) is 9.66. The van der Waals surface area contributed by atoms with Gasteiger partial charge in [-0.25, -0.2) is 4.39 Å². The fourth-order valence-corrected chi connectivity index (χ4v) is 1.69. The number of ether oxygens (including phenoxy) is 2. The van der Waals surface area contributed by atoms with E-state index in [0.717, 1.165) is 11.6 Å². The Hall–Kier alpha value is -1.89. The Morgan fingerprint density at radius 3 is 2.50 bits per heavy atom. The molecule has 0 saturated heterocycles. The van der Waals surface area contributed by atoms with E-state index in [1.807, 2.05) is 30.3 Å². The third-order valence-electron chi connectivity index (χ3n) is 2.66. The van der Waals surface area contributed by atoms with Gasteiger partial charge in [-0.1, -0.05) is 30.3 Å². The van der Waals surface area contributed by atoms with Crippen LogP contribution in [0.5, 0.6) is 5.75 Å². The third kappa shape index (κ3) is 4.06. The number of rotatable bonds is 6. The molecule has 2 aromatic carbocycles. The lowest BCUT2D eigenvalue weighted by Crippen LogP contribution is -2.32. The van der Waals surface area contributed by atoms with Gasteiger partial charge in [-0.15, -0.1) is 0 Å². The van der Waals surface area contributed by atoms with Crippen LogP contribution in [0.3, 0.4) is 0 Å². The van der Waals surface area contributed by atoms with Crippen LogP contribution in [-0.4, -0.2) is 24.0 Å². The lowest BCUT2D eigenvalue weighted by atomic mass is 9.79. The van der Waals surface area contributed by atoms with Crippen molar-refractivity contribution >= 4 is 12.6 Å². The van der Waals surface area contributed by atoms with Crippen LogP contribution in [-0.2, 0) is 11.3 Å². The van der Waals surface area contributed by atoms with Crippen molar-refractivity contribution in [2.75, 3.05) is 6.79 Å². The van der Waals surface area contributed by atoms with Crippen LogP contribution in [0.25, 0.3) is 0 Å². The molecular formula is C14H14BFO4. The number of benzene rings is 2. The summed E-state index contributed by atoms with van der Waals surface area (Å²) in [7, 11) is -1.80. The van der Waals surface area contributed by atoms with Crippen LogP contribution in [0, 0.1) is 5.82 Å². The van der Waals surface area contributed by atoms with Crippen LogP contribution < -0.4 is 10.2 Å². The first-order valence-corrected chi connectivity index (χ1v) is 6.07. The Morgan fingerprint density at radius 2 is 1.80 bits per heavy atom. The summed E-state index contributed by atoms with van der Waals surface area (Å²) in [6, 6.07) is 13.1. The smallest absolute Gasteiger partial charge is 0.468 e. The Bertz CT molecular complexity index is 548. The van der Waals surface area contributed by atoms with Crippen molar-refractivity contribution < 1.29 is 23.9 Å². The average Bonchev–Trinajstić information content (AvgIpc) is 2.45. The quantitative estimate of drug-likeness (QED) is 0.470. The molecule has 0 aromatic heterocycles. The second-order valence-electron chi connectivity index (χ2n) is 4.15. The van der Waals surface area contributed by atoms with E-state index in [9.17, 15) is 4.39 Å². The molecule has 0 unspecified atom stereocenters. The van der Waals surface area contributed by atoms with Crippen molar-refractivity contribution in [3.8, 4) is 5.75 Å². The highest BCUT2D eigenvalue weighted by molar-refractivity contribution is 6.59. The van der Waals surface area contributed by atoms with Gasteiger partial charge in [0.2, 0.25) is 0 Å². The fraction of sp³-hybridized carbons (Fsp3) is 0.143. The first kappa shape index (κ1) is 14.5. The van der Waals surface area contributed by atoms with Crippen molar-refractivity contribution in [1.82, 2.24) is 0 Å². The van der Waals surface area contributed by atoms with Gasteiger partial charge in [0.25, 0.3) is 0 Å². The Balaban J connectivity index is 1.88. The number of halogens is 1. The van der Waals surface area contributed by atoms with E-state index in [4.69, 9.17) is 19.5 Å². The topological polar surface area (TPSA) is 58.9 Å². The summed E-state index contributed by atoms with van der Waals surface area (Å²) in [5.74, 6) is -0.389. The zero-order valence-corrected chi connectivity index (χ0v) is 10.7. The molecule has 0 spiro atoms. The second kappa shape index (κ2) is 7.05. The normalized spacial score (nSPS) is 10.3. The molecule has 0 saturated carbocycles. The lowest BCUT2D eigenvalue weighted by Gasteiger charge is -2.11. The van der Waals surface area contributed by atoms with Gasteiger partial charge >= 0.3 is 7.12 Å². The second-order valence-corrected chi connectivity index (χ2v) is 4.15. The van der Waals surface area contributed by atoms with Crippen molar-refractivity contribution in [1.29, 1.82) is 0 Å². The maximum Gasteiger partial charge on any atom is 0.492 e. The molecule has 2 N–H and O–H groups in total. The average molecular weight is 276 g/mol. The highest BCUT2D eigenvalue weighted by atomic mass is 19.1. The van der Waals surface area contributed by atoms with E-state index in [0.29, 0.717) is 6.61 Å².